The molecule has 5 heteroatoms. The van der Waals surface area contributed by atoms with Gasteiger partial charge in [-0.05, 0) is 11.1 Å². The quantitative estimate of drug-likeness (QED) is 0.482. The molecule has 0 aromatic heterocycles. The first-order valence-corrected chi connectivity index (χ1v) is 9.12. The van der Waals surface area contributed by atoms with Crippen LogP contribution in [0, 0.1) is 0 Å². The Bertz CT molecular complexity index is 1090. The number of nitrogens with zero attached hydrogens (tertiary/aromatic N) is 1. The van der Waals surface area contributed by atoms with Crippen molar-refractivity contribution in [3.05, 3.63) is 113 Å². The van der Waals surface area contributed by atoms with Gasteiger partial charge in [0.15, 0.2) is 5.78 Å². The van der Waals surface area contributed by atoms with Gasteiger partial charge in [0.2, 0.25) is 5.76 Å². The van der Waals surface area contributed by atoms with E-state index < -0.39 is 12.0 Å². The zero-order valence-electron chi connectivity index (χ0n) is 15.4. The monoisotopic (exact) mass is 383 g/mol. The molecule has 0 spiro atoms. The number of carbonyl (C=O) groups is 3. The van der Waals surface area contributed by atoms with Crippen molar-refractivity contribution in [1.29, 1.82) is 0 Å². The van der Waals surface area contributed by atoms with Crippen LogP contribution in [-0.4, -0.2) is 22.7 Å². The predicted octanol–water partition coefficient (Wildman–Crippen LogP) is 4.46. The van der Waals surface area contributed by atoms with Crippen LogP contribution in [0.25, 0.3) is 5.57 Å². The molecule has 0 bridgehead atoms. The number of imide groups is 1. The van der Waals surface area contributed by atoms with Crippen LogP contribution in [0.15, 0.2) is 96.8 Å². The summed E-state index contributed by atoms with van der Waals surface area (Å²) in [6.07, 6.45) is -0.789. The Balaban J connectivity index is 1.78. The fraction of sp³-hybridized carbons (Fsp3) is 0.0417. The lowest BCUT2D eigenvalue weighted by Gasteiger charge is -2.11. The molecule has 1 aliphatic rings. The highest BCUT2D eigenvalue weighted by molar-refractivity contribution is 6.34. The average molecular weight is 383 g/mol. The molecule has 0 N–H and O–H groups in total. The number of benzene rings is 3. The summed E-state index contributed by atoms with van der Waals surface area (Å²) in [6, 6.07) is 26.5. The second kappa shape index (κ2) is 7.94. The van der Waals surface area contributed by atoms with E-state index in [1.807, 2.05) is 36.4 Å². The van der Waals surface area contributed by atoms with Crippen molar-refractivity contribution in [3.8, 4) is 0 Å². The van der Waals surface area contributed by atoms with Crippen molar-refractivity contribution < 1.29 is 19.1 Å². The molecule has 5 nitrogen and oxygen atoms in total. The minimum absolute atomic E-state index is 0.0730. The number of cyclic esters (lactones) is 1. The van der Waals surface area contributed by atoms with E-state index in [1.54, 1.807) is 54.6 Å². The second-order valence-electron chi connectivity index (χ2n) is 6.51. The van der Waals surface area contributed by atoms with E-state index in [0.717, 1.165) is 10.5 Å². The van der Waals surface area contributed by atoms with Crippen molar-refractivity contribution in [2.45, 2.75) is 6.54 Å². The van der Waals surface area contributed by atoms with Crippen LogP contribution in [0.1, 0.15) is 21.5 Å². The van der Waals surface area contributed by atoms with Gasteiger partial charge in [0.25, 0.3) is 5.91 Å². The van der Waals surface area contributed by atoms with E-state index in [1.165, 1.54) is 0 Å². The number of hydrogen-bond donors (Lipinski definition) is 0. The molecule has 0 aliphatic carbocycles. The van der Waals surface area contributed by atoms with Gasteiger partial charge in [-0.2, -0.15) is 0 Å². The molecule has 2 amide bonds. The average Bonchev–Trinajstić information content (AvgIpc) is 3.04. The standard InChI is InChI=1S/C24H17NO4/c26-21(19-14-8-3-9-15-19)20(18-12-6-2-7-13-18)22-23(27)25(24(28)29-22)16-17-10-4-1-5-11-17/h1-15H,16H2. The Labute approximate surface area is 167 Å². The highest BCUT2D eigenvalue weighted by Crippen LogP contribution is 2.30. The lowest BCUT2D eigenvalue weighted by atomic mass is 9.95. The molecule has 142 valence electrons. The number of allylic oxidation sites excluding steroid dienone is 1. The fourth-order valence-electron chi connectivity index (χ4n) is 3.16. The first-order chi connectivity index (χ1) is 14.1. The molecule has 3 aromatic carbocycles. The summed E-state index contributed by atoms with van der Waals surface area (Å²) in [5.74, 6) is -1.25. The highest BCUT2D eigenvalue weighted by Gasteiger charge is 2.40. The van der Waals surface area contributed by atoms with Crippen molar-refractivity contribution >= 4 is 23.4 Å². The van der Waals surface area contributed by atoms with Crippen molar-refractivity contribution in [2.75, 3.05) is 0 Å². The van der Waals surface area contributed by atoms with Gasteiger partial charge >= 0.3 is 6.09 Å². The number of ether oxygens (including phenoxy) is 1. The van der Waals surface area contributed by atoms with Crippen molar-refractivity contribution in [1.82, 2.24) is 4.90 Å². The van der Waals surface area contributed by atoms with Crippen LogP contribution in [0.5, 0.6) is 0 Å². The van der Waals surface area contributed by atoms with Gasteiger partial charge in [-0.15, -0.1) is 0 Å². The molecule has 1 saturated heterocycles. The van der Waals surface area contributed by atoms with Crippen molar-refractivity contribution in [3.63, 3.8) is 0 Å². The number of carbonyl (C=O) groups excluding carboxylic acids is 3. The first-order valence-electron chi connectivity index (χ1n) is 9.12. The van der Waals surface area contributed by atoms with Gasteiger partial charge in [0.1, 0.15) is 0 Å². The molecule has 3 aromatic rings. The Kier molecular flexibility index (Phi) is 5.03. The third-order valence-electron chi connectivity index (χ3n) is 4.59. The Hall–Kier alpha value is -3.99. The van der Waals surface area contributed by atoms with E-state index in [4.69, 9.17) is 4.74 Å². The summed E-state index contributed by atoms with van der Waals surface area (Å²) < 4.78 is 5.31. The first kappa shape index (κ1) is 18.4. The van der Waals surface area contributed by atoms with Gasteiger partial charge in [-0.1, -0.05) is 91.0 Å². The van der Waals surface area contributed by atoms with Crippen LogP contribution < -0.4 is 0 Å². The third kappa shape index (κ3) is 3.71. The van der Waals surface area contributed by atoms with Crippen LogP contribution in [-0.2, 0) is 16.1 Å². The van der Waals surface area contributed by atoms with Gasteiger partial charge < -0.3 is 4.74 Å². The highest BCUT2D eigenvalue weighted by atomic mass is 16.6. The molecule has 0 unspecified atom stereocenters. The summed E-state index contributed by atoms with van der Waals surface area (Å²) in [7, 11) is 0. The largest absolute Gasteiger partial charge is 0.422 e. The zero-order chi connectivity index (χ0) is 20.2. The summed E-state index contributed by atoms with van der Waals surface area (Å²) >= 11 is 0. The molecule has 1 heterocycles. The minimum atomic E-state index is -0.789. The van der Waals surface area contributed by atoms with E-state index in [0.29, 0.717) is 11.1 Å². The number of hydrogen-bond acceptors (Lipinski definition) is 4. The second-order valence-corrected chi connectivity index (χ2v) is 6.51. The van der Waals surface area contributed by atoms with E-state index in [2.05, 4.69) is 0 Å². The number of rotatable bonds is 5. The molecular weight excluding hydrogens is 366 g/mol. The van der Waals surface area contributed by atoms with E-state index >= 15 is 0 Å². The number of ketones is 1. The number of amides is 2. The molecule has 0 radical (unpaired) electrons. The Morgan fingerprint density at radius 2 is 1.24 bits per heavy atom. The van der Waals surface area contributed by atoms with E-state index in [-0.39, 0.29) is 23.7 Å². The van der Waals surface area contributed by atoms with Crippen LogP contribution >= 0.6 is 0 Å². The molecule has 0 saturated carbocycles. The van der Waals surface area contributed by atoms with Gasteiger partial charge in [0, 0.05) is 5.56 Å². The molecule has 29 heavy (non-hydrogen) atoms. The molecular formula is C24H17NO4. The summed E-state index contributed by atoms with van der Waals surface area (Å²) in [4.78, 5) is 39.7. The van der Waals surface area contributed by atoms with Crippen LogP contribution in [0.4, 0.5) is 4.79 Å². The summed E-state index contributed by atoms with van der Waals surface area (Å²) in [5.41, 5.74) is 1.78. The minimum Gasteiger partial charge on any atom is -0.403 e. The van der Waals surface area contributed by atoms with E-state index in [9.17, 15) is 14.4 Å². The smallest absolute Gasteiger partial charge is 0.403 e. The van der Waals surface area contributed by atoms with Crippen molar-refractivity contribution in [2.24, 2.45) is 0 Å². The maximum atomic E-state index is 13.2. The molecule has 0 atom stereocenters. The predicted molar refractivity (Wildman–Crippen MR) is 108 cm³/mol. The molecule has 1 aliphatic heterocycles. The molecule has 4 rings (SSSR count). The molecule has 1 fully saturated rings. The lowest BCUT2D eigenvalue weighted by Crippen LogP contribution is -2.28. The Morgan fingerprint density at radius 3 is 1.83 bits per heavy atom. The zero-order valence-corrected chi connectivity index (χ0v) is 15.4. The maximum absolute atomic E-state index is 13.2. The maximum Gasteiger partial charge on any atom is 0.422 e. The van der Waals surface area contributed by atoms with Gasteiger partial charge in [0.05, 0.1) is 12.1 Å². The fourth-order valence-corrected chi connectivity index (χ4v) is 3.16. The van der Waals surface area contributed by atoms with Crippen LogP contribution in [0.3, 0.4) is 0 Å². The van der Waals surface area contributed by atoms with Crippen LogP contribution in [0.2, 0.25) is 0 Å². The topological polar surface area (TPSA) is 63.7 Å². The van der Waals surface area contributed by atoms with Gasteiger partial charge in [-0.3, -0.25) is 9.59 Å². The summed E-state index contributed by atoms with van der Waals surface area (Å²) in [6.45, 7) is 0.0730. The normalized spacial score (nSPS) is 15.2. The lowest BCUT2D eigenvalue weighted by molar-refractivity contribution is -0.123. The number of Topliss-reactive ketones (excluding diaryl/α,β-unsaturated/α-hetero) is 1. The Morgan fingerprint density at radius 1 is 0.724 bits per heavy atom. The van der Waals surface area contributed by atoms with Gasteiger partial charge in [-0.25, -0.2) is 9.69 Å². The SMILES string of the molecule is O=C(C(=C1OC(=O)N(Cc2ccccc2)C1=O)c1ccccc1)c1ccccc1. The summed E-state index contributed by atoms with van der Waals surface area (Å²) in [5, 5.41) is 0. The third-order valence-corrected chi connectivity index (χ3v) is 4.59.